The molecule has 2 aromatic rings. The maximum Gasteiger partial charge on any atom is 0.0529 e. The van der Waals surface area contributed by atoms with Crippen molar-refractivity contribution in [1.29, 1.82) is 0 Å². The fraction of sp³-hybridized carbons (Fsp3) is 0.0909. The predicted molar refractivity (Wildman–Crippen MR) is 56.8 cm³/mol. The summed E-state index contributed by atoms with van der Waals surface area (Å²) < 4.78 is 0. The van der Waals surface area contributed by atoms with E-state index < -0.39 is 0 Å². The first-order chi connectivity index (χ1) is 6.33. The summed E-state index contributed by atoms with van der Waals surface area (Å²) in [5.74, 6) is 0. The maximum absolute atomic E-state index is 6.16. The van der Waals surface area contributed by atoms with E-state index in [1.165, 1.54) is 0 Å². The molecule has 0 aliphatic carbocycles. The fourth-order valence-corrected chi connectivity index (χ4v) is 1.75. The van der Waals surface area contributed by atoms with Crippen molar-refractivity contribution in [2.75, 3.05) is 0 Å². The van der Waals surface area contributed by atoms with Crippen molar-refractivity contribution < 1.29 is 0 Å². The monoisotopic (exact) mass is 191 g/mol. The average Bonchev–Trinajstić information content (AvgIpc) is 2.19. The van der Waals surface area contributed by atoms with Crippen LogP contribution in [-0.4, -0.2) is 0 Å². The van der Waals surface area contributed by atoms with Gasteiger partial charge in [-0.1, -0.05) is 48.0 Å². The lowest BCUT2D eigenvalue weighted by Crippen LogP contribution is -1.96. The number of hydrogen-bond donors (Lipinski definition) is 1. The summed E-state index contributed by atoms with van der Waals surface area (Å²) in [6.07, 6.45) is 0. The second-order valence-corrected chi connectivity index (χ2v) is 3.34. The smallest absolute Gasteiger partial charge is 0.0529 e. The lowest BCUT2D eigenvalue weighted by molar-refractivity contribution is 1.08. The zero-order valence-electron chi connectivity index (χ0n) is 7.13. The Balaban J connectivity index is 2.79. The van der Waals surface area contributed by atoms with Gasteiger partial charge in [-0.15, -0.1) is 0 Å². The molecule has 0 radical (unpaired) electrons. The molecule has 0 fully saturated rings. The van der Waals surface area contributed by atoms with Crippen molar-refractivity contribution in [3.8, 4) is 0 Å². The molecule has 0 aliphatic rings. The third-order valence-corrected chi connectivity index (χ3v) is 2.61. The van der Waals surface area contributed by atoms with Crippen LogP contribution in [0.2, 0.25) is 5.02 Å². The van der Waals surface area contributed by atoms with E-state index in [1.807, 2.05) is 36.4 Å². The van der Waals surface area contributed by atoms with Gasteiger partial charge in [0.15, 0.2) is 0 Å². The number of rotatable bonds is 1. The zero-order chi connectivity index (χ0) is 9.26. The summed E-state index contributed by atoms with van der Waals surface area (Å²) in [5, 5.41) is 3.01. The molecule has 0 saturated carbocycles. The second kappa shape index (κ2) is 3.36. The van der Waals surface area contributed by atoms with Gasteiger partial charge < -0.3 is 5.73 Å². The Bertz CT molecular complexity index is 437. The molecule has 0 aromatic heterocycles. The summed E-state index contributed by atoms with van der Waals surface area (Å²) in [5.41, 5.74) is 6.56. The van der Waals surface area contributed by atoms with Crippen molar-refractivity contribution in [2.45, 2.75) is 6.54 Å². The van der Waals surface area contributed by atoms with Gasteiger partial charge in [-0.2, -0.15) is 0 Å². The molecular formula is C11H10ClN. The van der Waals surface area contributed by atoms with Gasteiger partial charge in [0.25, 0.3) is 0 Å². The molecular weight excluding hydrogens is 182 g/mol. The number of nitrogens with two attached hydrogens (primary N) is 1. The Hall–Kier alpha value is -1.05. The lowest BCUT2D eigenvalue weighted by atomic mass is 10.1. The van der Waals surface area contributed by atoms with E-state index >= 15 is 0 Å². The summed E-state index contributed by atoms with van der Waals surface area (Å²) in [6, 6.07) is 12.1. The zero-order valence-corrected chi connectivity index (χ0v) is 7.88. The van der Waals surface area contributed by atoms with Crippen molar-refractivity contribution >= 4 is 22.4 Å². The van der Waals surface area contributed by atoms with Crippen LogP contribution in [0.4, 0.5) is 0 Å². The van der Waals surface area contributed by atoms with Crippen LogP contribution < -0.4 is 5.73 Å². The molecule has 2 heteroatoms. The molecule has 0 atom stereocenters. The molecule has 0 aliphatic heterocycles. The summed E-state index contributed by atoms with van der Waals surface area (Å²) >= 11 is 6.16. The highest BCUT2D eigenvalue weighted by Crippen LogP contribution is 2.26. The molecule has 0 unspecified atom stereocenters. The van der Waals surface area contributed by atoms with E-state index in [9.17, 15) is 0 Å². The minimum absolute atomic E-state index is 0.490. The fourth-order valence-electron chi connectivity index (χ4n) is 1.44. The Kier molecular flexibility index (Phi) is 2.21. The van der Waals surface area contributed by atoms with E-state index in [-0.39, 0.29) is 0 Å². The Morgan fingerprint density at radius 1 is 1.08 bits per heavy atom. The first-order valence-corrected chi connectivity index (χ1v) is 4.57. The van der Waals surface area contributed by atoms with E-state index in [1.54, 1.807) is 0 Å². The molecule has 2 aromatic carbocycles. The Morgan fingerprint density at radius 2 is 1.85 bits per heavy atom. The molecule has 1 nitrogen and oxygen atoms in total. The molecule has 0 bridgehead atoms. The molecule has 0 heterocycles. The third kappa shape index (κ3) is 1.41. The number of hydrogen-bond acceptors (Lipinski definition) is 1. The van der Waals surface area contributed by atoms with E-state index in [4.69, 9.17) is 17.3 Å². The molecule has 2 N–H and O–H groups in total. The predicted octanol–water partition coefficient (Wildman–Crippen LogP) is 2.95. The summed E-state index contributed by atoms with van der Waals surface area (Å²) in [7, 11) is 0. The van der Waals surface area contributed by atoms with Crippen LogP contribution in [0.25, 0.3) is 10.8 Å². The molecule has 0 spiro atoms. The highest BCUT2D eigenvalue weighted by molar-refractivity contribution is 6.36. The summed E-state index contributed by atoms with van der Waals surface area (Å²) in [6.45, 7) is 0.490. The van der Waals surface area contributed by atoms with Crippen LogP contribution in [0, 0.1) is 0 Å². The van der Waals surface area contributed by atoms with Gasteiger partial charge in [0, 0.05) is 11.9 Å². The first kappa shape index (κ1) is 8.54. The quantitative estimate of drug-likeness (QED) is 0.737. The van der Waals surface area contributed by atoms with Crippen molar-refractivity contribution in [3.05, 3.63) is 47.0 Å². The molecule has 0 saturated heterocycles. The van der Waals surface area contributed by atoms with E-state index in [0.29, 0.717) is 6.54 Å². The maximum atomic E-state index is 6.16. The van der Waals surface area contributed by atoms with Crippen molar-refractivity contribution in [1.82, 2.24) is 0 Å². The van der Waals surface area contributed by atoms with Crippen LogP contribution in [0.1, 0.15) is 5.56 Å². The van der Waals surface area contributed by atoms with Gasteiger partial charge in [0.2, 0.25) is 0 Å². The number of halogens is 1. The van der Waals surface area contributed by atoms with Crippen LogP contribution in [0.15, 0.2) is 36.4 Å². The van der Waals surface area contributed by atoms with Crippen molar-refractivity contribution in [3.63, 3.8) is 0 Å². The SMILES string of the molecule is NCc1ccc2ccccc2c1Cl. The van der Waals surface area contributed by atoms with Crippen LogP contribution >= 0.6 is 11.6 Å². The largest absolute Gasteiger partial charge is 0.326 e. The number of fused-ring (bicyclic) bond motifs is 1. The molecule has 0 amide bonds. The van der Waals surface area contributed by atoms with Gasteiger partial charge in [-0.3, -0.25) is 0 Å². The second-order valence-electron chi connectivity index (χ2n) is 2.96. The molecule has 2 rings (SSSR count). The average molecular weight is 192 g/mol. The Labute approximate surface area is 82.1 Å². The van der Waals surface area contributed by atoms with Crippen molar-refractivity contribution in [2.24, 2.45) is 5.73 Å². The van der Waals surface area contributed by atoms with Crippen LogP contribution in [-0.2, 0) is 6.54 Å². The topological polar surface area (TPSA) is 26.0 Å². The molecule has 66 valence electrons. The van der Waals surface area contributed by atoms with Gasteiger partial charge >= 0.3 is 0 Å². The number of benzene rings is 2. The van der Waals surface area contributed by atoms with Gasteiger partial charge in [-0.25, -0.2) is 0 Å². The summed E-state index contributed by atoms with van der Waals surface area (Å²) in [4.78, 5) is 0. The van der Waals surface area contributed by atoms with E-state index in [2.05, 4.69) is 0 Å². The van der Waals surface area contributed by atoms with Gasteiger partial charge in [0.1, 0.15) is 0 Å². The highest BCUT2D eigenvalue weighted by Gasteiger charge is 2.02. The van der Waals surface area contributed by atoms with E-state index in [0.717, 1.165) is 21.4 Å². The normalized spacial score (nSPS) is 10.6. The standard InChI is InChI=1S/C11H10ClN/c12-11-9(7-13)6-5-8-3-1-2-4-10(8)11/h1-6H,7,13H2. The first-order valence-electron chi connectivity index (χ1n) is 4.19. The van der Waals surface area contributed by atoms with Crippen LogP contribution in [0.3, 0.4) is 0 Å². The minimum Gasteiger partial charge on any atom is -0.326 e. The van der Waals surface area contributed by atoms with Gasteiger partial charge in [0.05, 0.1) is 5.02 Å². The molecule has 13 heavy (non-hydrogen) atoms. The highest BCUT2D eigenvalue weighted by atomic mass is 35.5. The van der Waals surface area contributed by atoms with Gasteiger partial charge in [-0.05, 0) is 10.9 Å². The lowest BCUT2D eigenvalue weighted by Gasteiger charge is -2.04. The third-order valence-electron chi connectivity index (χ3n) is 2.16. The Morgan fingerprint density at radius 3 is 2.62 bits per heavy atom. The van der Waals surface area contributed by atoms with Crippen LogP contribution in [0.5, 0.6) is 0 Å². The minimum atomic E-state index is 0.490.